The van der Waals surface area contributed by atoms with Gasteiger partial charge in [0.2, 0.25) is 0 Å². The van der Waals surface area contributed by atoms with Crippen molar-refractivity contribution < 1.29 is 14.6 Å². The Hall–Kier alpha value is -2.66. The third-order valence-electron chi connectivity index (χ3n) is 3.07. The molecule has 5 heteroatoms. The van der Waals surface area contributed by atoms with Crippen molar-refractivity contribution in [1.29, 1.82) is 0 Å². The van der Waals surface area contributed by atoms with Crippen molar-refractivity contribution in [3.05, 3.63) is 71.6 Å². The Kier molecular flexibility index (Phi) is 6.81. The zero-order valence-electron chi connectivity index (χ0n) is 12.8. The van der Waals surface area contributed by atoms with Crippen molar-refractivity contribution >= 4 is 12.2 Å². The van der Waals surface area contributed by atoms with Crippen molar-refractivity contribution in [1.82, 2.24) is 10.3 Å². The van der Waals surface area contributed by atoms with Gasteiger partial charge in [-0.15, -0.1) is 0 Å². The maximum atomic E-state index is 11.5. The van der Waals surface area contributed by atoms with Crippen molar-refractivity contribution in [2.45, 2.75) is 19.6 Å². The molecule has 5 nitrogen and oxygen atoms in total. The highest BCUT2D eigenvalue weighted by atomic mass is 16.5. The fourth-order valence-corrected chi connectivity index (χ4v) is 1.91. The summed E-state index contributed by atoms with van der Waals surface area (Å²) >= 11 is 0. The van der Waals surface area contributed by atoms with Crippen LogP contribution in [0.15, 0.2) is 54.6 Å². The van der Waals surface area contributed by atoms with Crippen LogP contribution in [0, 0.1) is 0 Å². The van der Waals surface area contributed by atoms with E-state index in [1.165, 1.54) is 0 Å². The van der Waals surface area contributed by atoms with Crippen LogP contribution in [0.2, 0.25) is 0 Å². The van der Waals surface area contributed by atoms with E-state index in [0.29, 0.717) is 18.7 Å². The lowest BCUT2D eigenvalue weighted by atomic mass is 10.2. The highest BCUT2D eigenvalue weighted by Gasteiger charge is 2.00. The minimum absolute atomic E-state index is 0.0729. The smallest absolute Gasteiger partial charge is 0.407 e. The summed E-state index contributed by atoms with van der Waals surface area (Å²) in [6, 6.07) is 15.0. The van der Waals surface area contributed by atoms with Gasteiger partial charge in [-0.25, -0.2) is 4.79 Å². The number of alkyl carbamates (subject to hydrolysis) is 1. The van der Waals surface area contributed by atoms with Crippen LogP contribution in [0.25, 0.3) is 6.08 Å². The van der Waals surface area contributed by atoms with Crippen LogP contribution in [0.5, 0.6) is 0 Å². The van der Waals surface area contributed by atoms with Crippen molar-refractivity contribution in [3.8, 4) is 0 Å². The van der Waals surface area contributed by atoms with Gasteiger partial charge in [0.05, 0.1) is 18.0 Å². The van der Waals surface area contributed by atoms with E-state index < -0.39 is 6.09 Å². The first-order valence-corrected chi connectivity index (χ1v) is 7.46. The van der Waals surface area contributed by atoms with Crippen molar-refractivity contribution in [2.75, 3.05) is 6.54 Å². The summed E-state index contributed by atoms with van der Waals surface area (Å²) in [6.45, 7) is 0.681. The molecule has 2 N–H and O–H groups in total. The van der Waals surface area contributed by atoms with Gasteiger partial charge >= 0.3 is 6.09 Å². The topological polar surface area (TPSA) is 71.5 Å². The molecule has 0 saturated heterocycles. The largest absolute Gasteiger partial charge is 0.445 e. The summed E-state index contributed by atoms with van der Waals surface area (Å²) in [7, 11) is 0. The van der Waals surface area contributed by atoms with Gasteiger partial charge in [-0.2, -0.15) is 0 Å². The first kappa shape index (κ1) is 16.7. The van der Waals surface area contributed by atoms with E-state index in [9.17, 15) is 4.79 Å². The summed E-state index contributed by atoms with van der Waals surface area (Å²) in [4.78, 5) is 15.8. The van der Waals surface area contributed by atoms with Gasteiger partial charge < -0.3 is 15.2 Å². The van der Waals surface area contributed by atoms with Crippen molar-refractivity contribution in [2.24, 2.45) is 0 Å². The molecule has 0 fully saturated rings. The number of pyridine rings is 1. The average molecular weight is 312 g/mol. The van der Waals surface area contributed by atoms with Gasteiger partial charge in [0.1, 0.15) is 6.61 Å². The third-order valence-corrected chi connectivity index (χ3v) is 3.07. The molecule has 1 aromatic heterocycles. The molecular weight excluding hydrogens is 292 g/mol. The second-order valence-electron chi connectivity index (χ2n) is 4.89. The molecule has 0 aliphatic heterocycles. The Morgan fingerprint density at radius 2 is 2.00 bits per heavy atom. The van der Waals surface area contributed by atoms with E-state index in [-0.39, 0.29) is 13.2 Å². The number of carbonyl (C=O) groups is 1. The monoisotopic (exact) mass is 312 g/mol. The average Bonchev–Trinajstić information content (AvgIpc) is 2.61. The van der Waals surface area contributed by atoms with Crippen LogP contribution in [0.3, 0.4) is 0 Å². The van der Waals surface area contributed by atoms with E-state index in [0.717, 1.165) is 11.3 Å². The second-order valence-corrected chi connectivity index (χ2v) is 4.89. The van der Waals surface area contributed by atoms with Crippen LogP contribution in [0.1, 0.15) is 23.4 Å². The molecule has 0 aliphatic carbocycles. The number of amides is 1. The molecule has 2 rings (SSSR count). The summed E-state index contributed by atoms with van der Waals surface area (Å²) < 4.78 is 5.11. The fourth-order valence-electron chi connectivity index (χ4n) is 1.91. The minimum Gasteiger partial charge on any atom is -0.445 e. The molecule has 0 unspecified atom stereocenters. The number of ether oxygens (including phenoxy) is 1. The third kappa shape index (κ3) is 6.32. The predicted octanol–water partition coefficient (Wildman–Crippen LogP) is 2.90. The van der Waals surface area contributed by atoms with Gasteiger partial charge in [-0.05, 0) is 30.2 Å². The molecule has 0 atom stereocenters. The number of rotatable bonds is 7. The molecule has 2 aromatic rings. The lowest BCUT2D eigenvalue weighted by Crippen LogP contribution is -2.24. The summed E-state index contributed by atoms with van der Waals surface area (Å²) in [5.74, 6) is 0. The first-order chi connectivity index (χ1) is 11.3. The lowest BCUT2D eigenvalue weighted by Gasteiger charge is -2.05. The Morgan fingerprint density at radius 3 is 2.78 bits per heavy atom. The molecule has 0 radical (unpaired) electrons. The molecule has 0 bridgehead atoms. The van der Waals surface area contributed by atoms with Gasteiger partial charge in [-0.1, -0.05) is 42.5 Å². The molecular formula is C18H20N2O3. The lowest BCUT2D eigenvalue weighted by molar-refractivity contribution is 0.140. The Labute approximate surface area is 135 Å². The van der Waals surface area contributed by atoms with Crippen molar-refractivity contribution in [3.63, 3.8) is 0 Å². The second kappa shape index (κ2) is 9.38. The number of aliphatic hydroxyl groups is 1. The summed E-state index contributed by atoms with van der Waals surface area (Å²) in [5.41, 5.74) is 2.37. The number of hydrogen-bond acceptors (Lipinski definition) is 4. The molecule has 120 valence electrons. The normalized spacial score (nSPS) is 10.7. The minimum atomic E-state index is -0.428. The zero-order valence-corrected chi connectivity index (χ0v) is 12.8. The van der Waals surface area contributed by atoms with Gasteiger partial charge in [0.25, 0.3) is 0 Å². The SMILES string of the molecule is O=C(NCCC=Cc1cccc(CO)n1)OCc1ccccc1. The number of nitrogens with one attached hydrogen (secondary N) is 1. The standard InChI is InChI=1S/C18H20N2O3/c21-13-17-11-6-10-16(20-17)9-4-5-12-19-18(22)23-14-15-7-2-1-3-8-15/h1-4,6-11,21H,5,12-14H2,(H,19,22). The van der Waals surface area contributed by atoms with Gasteiger partial charge in [0, 0.05) is 6.54 Å². The fraction of sp³-hybridized carbons (Fsp3) is 0.222. The molecule has 1 aromatic carbocycles. The molecule has 23 heavy (non-hydrogen) atoms. The van der Waals surface area contributed by atoms with E-state index >= 15 is 0 Å². The highest BCUT2D eigenvalue weighted by Crippen LogP contribution is 2.03. The van der Waals surface area contributed by atoms with Crippen LogP contribution < -0.4 is 5.32 Å². The highest BCUT2D eigenvalue weighted by molar-refractivity contribution is 5.67. The first-order valence-electron chi connectivity index (χ1n) is 7.46. The number of nitrogens with zero attached hydrogens (tertiary/aromatic N) is 1. The number of aromatic nitrogens is 1. The Morgan fingerprint density at radius 1 is 1.17 bits per heavy atom. The molecule has 0 spiro atoms. The zero-order chi connectivity index (χ0) is 16.3. The summed E-state index contributed by atoms with van der Waals surface area (Å²) in [5, 5.41) is 11.7. The van der Waals surface area contributed by atoms with E-state index in [2.05, 4.69) is 10.3 Å². The quantitative estimate of drug-likeness (QED) is 0.771. The predicted molar refractivity (Wildman–Crippen MR) is 88.4 cm³/mol. The molecule has 0 aliphatic rings. The van der Waals surface area contributed by atoms with E-state index in [1.807, 2.05) is 54.6 Å². The Balaban J connectivity index is 1.64. The van der Waals surface area contributed by atoms with Crippen LogP contribution >= 0.6 is 0 Å². The van der Waals surface area contributed by atoms with Crippen LogP contribution in [-0.4, -0.2) is 22.7 Å². The van der Waals surface area contributed by atoms with Gasteiger partial charge in [0.15, 0.2) is 0 Å². The molecule has 1 amide bonds. The number of carbonyl (C=O) groups excluding carboxylic acids is 1. The number of benzene rings is 1. The van der Waals surface area contributed by atoms with Crippen LogP contribution in [0.4, 0.5) is 4.79 Å². The Bertz CT molecular complexity index is 642. The molecule has 0 saturated carbocycles. The number of aliphatic hydroxyl groups excluding tert-OH is 1. The van der Waals surface area contributed by atoms with E-state index in [4.69, 9.17) is 9.84 Å². The number of hydrogen-bond donors (Lipinski definition) is 2. The van der Waals surface area contributed by atoms with Gasteiger partial charge in [-0.3, -0.25) is 4.98 Å². The van der Waals surface area contributed by atoms with Crippen LogP contribution in [-0.2, 0) is 18.0 Å². The summed E-state index contributed by atoms with van der Waals surface area (Å²) in [6.07, 6.45) is 4.02. The molecule has 1 heterocycles. The van der Waals surface area contributed by atoms with E-state index in [1.54, 1.807) is 6.07 Å². The maximum absolute atomic E-state index is 11.5. The maximum Gasteiger partial charge on any atom is 0.407 e.